The number of carbonyl (C=O) groups excluding carboxylic acids is 1. The first kappa shape index (κ1) is 17.1. The molecular formula is C17H12BrClN2O2. The number of hydrazone groups is 1. The molecule has 1 amide bonds. The summed E-state index contributed by atoms with van der Waals surface area (Å²) in [5.74, 6) is 2.64. The average Bonchev–Trinajstić information content (AvgIpc) is 2.54. The van der Waals surface area contributed by atoms with Crippen molar-refractivity contribution in [1.29, 1.82) is 0 Å². The highest BCUT2D eigenvalue weighted by Gasteiger charge is 2.05. The van der Waals surface area contributed by atoms with Crippen LogP contribution >= 0.6 is 27.5 Å². The van der Waals surface area contributed by atoms with Gasteiger partial charge in [0, 0.05) is 20.6 Å². The first-order valence-corrected chi connectivity index (χ1v) is 7.72. The SMILES string of the molecule is C#CCOc1ccc(Br)cc1C=NNC(=O)c1ccc(Cl)cc1. The van der Waals surface area contributed by atoms with Gasteiger partial charge in [-0.3, -0.25) is 4.79 Å². The van der Waals surface area contributed by atoms with Gasteiger partial charge in [0.15, 0.2) is 0 Å². The molecule has 0 radical (unpaired) electrons. The first-order chi connectivity index (χ1) is 11.1. The summed E-state index contributed by atoms with van der Waals surface area (Å²) in [6.07, 6.45) is 6.68. The predicted molar refractivity (Wildman–Crippen MR) is 95.0 cm³/mol. The average molecular weight is 392 g/mol. The van der Waals surface area contributed by atoms with Crippen molar-refractivity contribution in [2.45, 2.75) is 0 Å². The third-order valence-corrected chi connectivity index (χ3v) is 3.50. The van der Waals surface area contributed by atoms with Crippen LogP contribution in [0.25, 0.3) is 0 Å². The summed E-state index contributed by atoms with van der Waals surface area (Å²) in [5.41, 5.74) is 3.59. The molecule has 0 saturated heterocycles. The van der Waals surface area contributed by atoms with Gasteiger partial charge in [-0.1, -0.05) is 33.5 Å². The van der Waals surface area contributed by atoms with Crippen molar-refractivity contribution in [2.24, 2.45) is 5.10 Å². The number of amides is 1. The molecular weight excluding hydrogens is 380 g/mol. The highest BCUT2D eigenvalue weighted by atomic mass is 79.9. The molecule has 23 heavy (non-hydrogen) atoms. The largest absolute Gasteiger partial charge is 0.480 e. The second-order valence-electron chi connectivity index (χ2n) is 4.38. The second-order valence-corrected chi connectivity index (χ2v) is 5.73. The van der Waals surface area contributed by atoms with Gasteiger partial charge in [0.2, 0.25) is 0 Å². The van der Waals surface area contributed by atoms with Crippen LogP contribution in [0, 0.1) is 12.3 Å². The molecule has 4 nitrogen and oxygen atoms in total. The van der Waals surface area contributed by atoms with E-state index in [-0.39, 0.29) is 12.5 Å². The third-order valence-electron chi connectivity index (χ3n) is 2.76. The molecule has 2 aromatic rings. The molecule has 6 heteroatoms. The maximum Gasteiger partial charge on any atom is 0.271 e. The molecule has 0 atom stereocenters. The maximum absolute atomic E-state index is 11.9. The zero-order valence-corrected chi connectivity index (χ0v) is 14.3. The smallest absolute Gasteiger partial charge is 0.271 e. The van der Waals surface area contributed by atoms with Gasteiger partial charge in [-0.2, -0.15) is 5.10 Å². The Hall–Kier alpha value is -2.29. The zero-order chi connectivity index (χ0) is 16.7. The third kappa shape index (κ3) is 5.13. The van der Waals surface area contributed by atoms with Crippen molar-refractivity contribution >= 4 is 39.7 Å². The lowest BCUT2D eigenvalue weighted by atomic mass is 10.2. The van der Waals surface area contributed by atoms with E-state index in [1.54, 1.807) is 30.3 Å². The number of nitrogens with zero attached hydrogens (tertiary/aromatic N) is 1. The maximum atomic E-state index is 11.9. The number of ether oxygens (including phenoxy) is 1. The minimum atomic E-state index is -0.334. The number of nitrogens with one attached hydrogen (secondary N) is 1. The van der Waals surface area contributed by atoms with Crippen molar-refractivity contribution in [1.82, 2.24) is 5.43 Å². The van der Waals surface area contributed by atoms with Gasteiger partial charge < -0.3 is 4.74 Å². The monoisotopic (exact) mass is 390 g/mol. The molecule has 1 N–H and O–H groups in total. The van der Waals surface area contributed by atoms with Crippen molar-refractivity contribution < 1.29 is 9.53 Å². The summed E-state index contributed by atoms with van der Waals surface area (Å²) >= 11 is 9.15. The lowest BCUT2D eigenvalue weighted by Crippen LogP contribution is -2.17. The number of halogens is 2. The van der Waals surface area contributed by atoms with Gasteiger partial charge in [-0.25, -0.2) is 5.43 Å². The molecule has 0 unspecified atom stereocenters. The van der Waals surface area contributed by atoms with E-state index in [1.807, 2.05) is 12.1 Å². The molecule has 0 spiro atoms. The quantitative estimate of drug-likeness (QED) is 0.478. The molecule has 2 rings (SSSR count). The van der Waals surface area contributed by atoms with Crippen LogP contribution in [-0.4, -0.2) is 18.7 Å². The number of hydrogen-bond donors (Lipinski definition) is 1. The van der Waals surface area contributed by atoms with Crippen molar-refractivity contribution in [3.63, 3.8) is 0 Å². The van der Waals surface area contributed by atoms with Crippen molar-refractivity contribution in [3.05, 3.63) is 63.1 Å². The van der Waals surface area contributed by atoms with E-state index in [9.17, 15) is 4.79 Å². The predicted octanol–water partition coefficient (Wildman–Crippen LogP) is 3.88. The summed E-state index contributed by atoms with van der Waals surface area (Å²) in [6, 6.07) is 11.9. The van der Waals surface area contributed by atoms with Gasteiger partial charge in [-0.15, -0.1) is 6.42 Å². The van der Waals surface area contributed by atoms with Gasteiger partial charge in [0.1, 0.15) is 12.4 Å². The molecule has 0 aliphatic rings. The Balaban J connectivity index is 2.07. The number of carbonyl (C=O) groups is 1. The Morgan fingerprint density at radius 3 is 2.78 bits per heavy atom. The lowest BCUT2D eigenvalue weighted by molar-refractivity contribution is 0.0955. The molecule has 0 aromatic heterocycles. The highest BCUT2D eigenvalue weighted by molar-refractivity contribution is 9.10. The molecule has 0 fully saturated rings. The van der Waals surface area contributed by atoms with Crippen LogP contribution in [0.15, 0.2) is 52.0 Å². The van der Waals surface area contributed by atoms with Crippen LogP contribution in [-0.2, 0) is 0 Å². The summed E-state index contributed by atoms with van der Waals surface area (Å²) in [6.45, 7) is 0.152. The Kier molecular flexibility index (Phi) is 6.21. The summed E-state index contributed by atoms with van der Waals surface area (Å²) in [7, 11) is 0. The molecule has 0 bridgehead atoms. The fourth-order valence-electron chi connectivity index (χ4n) is 1.70. The molecule has 0 saturated carbocycles. The lowest BCUT2D eigenvalue weighted by Gasteiger charge is -2.06. The van der Waals surface area contributed by atoms with Crippen LogP contribution in [0.2, 0.25) is 5.02 Å². The summed E-state index contributed by atoms with van der Waals surface area (Å²) in [5, 5.41) is 4.50. The van der Waals surface area contributed by atoms with Crippen molar-refractivity contribution in [2.75, 3.05) is 6.61 Å². The summed E-state index contributed by atoms with van der Waals surface area (Å²) in [4.78, 5) is 11.9. The molecule has 116 valence electrons. The molecule has 0 heterocycles. The van der Waals surface area contributed by atoms with E-state index in [1.165, 1.54) is 6.21 Å². The molecule has 2 aromatic carbocycles. The Labute approximate surface area is 147 Å². The Bertz CT molecular complexity index is 767. The summed E-state index contributed by atoms with van der Waals surface area (Å²) < 4.78 is 6.28. The van der Waals surface area contributed by atoms with Crippen LogP contribution < -0.4 is 10.2 Å². The number of terminal acetylenes is 1. The standard InChI is InChI=1S/C17H12BrClN2O2/c1-2-9-23-16-8-5-14(18)10-13(16)11-20-21-17(22)12-3-6-15(19)7-4-12/h1,3-8,10-11H,9H2,(H,21,22). The number of rotatable bonds is 5. The minimum absolute atomic E-state index is 0.152. The van der Waals surface area contributed by atoms with Crippen LogP contribution in [0.1, 0.15) is 15.9 Å². The fraction of sp³-hybridized carbons (Fsp3) is 0.0588. The normalized spacial score (nSPS) is 10.3. The van der Waals surface area contributed by atoms with E-state index in [4.69, 9.17) is 22.8 Å². The van der Waals surface area contributed by atoms with Gasteiger partial charge in [0.25, 0.3) is 5.91 Å². The van der Waals surface area contributed by atoms with Crippen LogP contribution in [0.4, 0.5) is 0 Å². The first-order valence-electron chi connectivity index (χ1n) is 6.55. The van der Waals surface area contributed by atoms with Crippen LogP contribution in [0.3, 0.4) is 0 Å². The van der Waals surface area contributed by atoms with Gasteiger partial charge >= 0.3 is 0 Å². The van der Waals surface area contributed by atoms with E-state index < -0.39 is 0 Å². The molecule has 0 aliphatic heterocycles. The van der Waals surface area contributed by atoms with Gasteiger partial charge in [0.05, 0.1) is 6.21 Å². The van der Waals surface area contributed by atoms with Crippen molar-refractivity contribution in [3.8, 4) is 18.1 Å². The molecule has 0 aliphatic carbocycles. The van der Waals surface area contributed by atoms with E-state index in [0.29, 0.717) is 21.9 Å². The van der Waals surface area contributed by atoms with Gasteiger partial charge in [-0.05, 0) is 42.5 Å². The number of hydrogen-bond acceptors (Lipinski definition) is 3. The second kappa shape index (κ2) is 8.37. The van der Waals surface area contributed by atoms with Crippen LogP contribution in [0.5, 0.6) is 5.75 Å². The number of benzene rings is 2. The van der Waals surface area contributed by atoms with E-state index >= 15 is 0 Å². The zero-order valence-electron chi connectivity index (χ0n) is 11.9. The fourth-order valence-corrected chi connectivity index (χ4v) is 2.20. The minimum Gasteiger partial charge on any atom is -0.480 e. The Morgan fingerprint density at radius 1 is 1.35 bits per heavy atom. The highest BCUT2D eigenvalue weighted by Crippen LogP contribution is 2.21. The van der Waals surface area contributed by atoms with E-state index in [2.05, 4.69) is 32.4 Å². The topological polar surface area (TPSA) is 50.7 Å². The van der Waals surface area contributed by atoms with E-state index in [0.717, 1.165) is 4.47 Å². The Morgan fingerprint density at radius 2 is 2.09 bits per heavy atom.